The molecule has 2 aromatic carbocycles. The van der Waals surface area contributed by atoms with Crippen LogP contribution in [-0.4, -0.2) is 33.8 Å². The number of aliphatic hydroxyl groups excluding tert-OH is 1. The summed E-state index contributed by atoms with van der Waals surface area (Å²) in [5, 5.41) is 9.59. The number of rotatable bonds is 9. The molecular formula is C18H22ClNO4S. The van der Waals surface area contributed by atoms with Crippen molar-refractivity contribution in [1.29, 1.82) is 0 Å². The number of methoxy groups -OCH3 is 1. The molecular weight excluding hydrogens is 362 g/mol. The molecule has 2 N–H and O–H groups in total. The SMILES string of the molecule is COc1ccc(Cl)cc1S(=O)(=O)NCC[C@H](CCO)c1ccccc1. The van der Waals surface area contributed by atoms with Gasteiger partial charge in [0.1, 0.15) is 10.6 Å². The van der Waals surface area contributed by atoms with E-state index in [1.54, 1.807) is 6.07 Å². The fourth-order valence-electron chi connectivity index (χ4n) is 2.66. The highest BCUT2D eigenvalue weighted by Crippen LogP contribution is 2.27. The summed E-state index contributed by atoms with van der Waals surface area (Å²) in [6, 6.07) is 14.2. The molecule has 0 aromatic heterocycles. The van der Waals surface area contributed by atoms with E-state index < -0.39 is 10.0 Å². The monoisotopic (exact) mass is 383 g/mol. The molecule has 0 radical (unpaired) electrons. The average molecular weight is 384 g/mol. The molecule has 0 spiro atoms. The third-order valence-corrected chi connectivity index (χ3v) is 5.67. The zero-order chi connectivity index (χ0) is 18.3. The molecule has 0 aliphatic heterocycles. The third-order valence-electron chi connectivity index (χ3n) is 3.95. The van der Waals surface area contributed by atoms with Crippen molar-refractivity contribution in [1.82, 2.24) is 4.72 Å². The zero-order valence-corrected chi connectivity index (χ0v) is 15.6. The van der Waals surface area contributed by atoms with Crippen molar-refractivity contribution in [2.45, 2.75) is 23.7 Å². The lowest BCUT2D eigenvalue weighted by atomic mass is 9.93. The van der Waals surface area contributed by atoms with E-state index in [0.29, 0.717) is 17.9 Å². The second kappa shape index (κ2) is 9.20. The molecule has 0 aliphatic rings. The van der Waals surface area contributed by atoms with Gasteiger partial charge in [0.05, 0.1) is 7.11 Å². The number of nitrogens with one attached hydrogen (secondary N) is 1. The van der Waals surface area contributed by atoms with Gasteiger partial charge in [0.2, 0.25) is 10.0 Å². The molecule has 25 heavy (non-hydrogen) atoms. The Morgan fingerprint density at radius 2 is 1.88 bits per heavy atom. The number of aliphatic hydroxyl groups is 1. The molecule has 0 saturated heterocycles. The van der Waals surface area contributed by atoms with Crippen LogP contribution in [0.3, 0.4) is 0 Å². The Bertz CT molecular complexity index is 781. The fourth-order valence-corrected chi connectivity index (χ4v) is 4.14. The number of hydrogen-bond acceptors (Lipinski definition) is 4. The summed E-state index contributed by atoms with van der Waals surface area (Å²) < 4.78 is 32.8. The lowest BCUT2D eigenvalue weighted by Gasteiger charge is -2.17. The summed E-state index contributed by atoms with van der Waals surface area (Å²) in [5.41, 5.74) is 1.08. The van der Waals surface area contributed by atoms with Gasteiger partial charge in [0.25, 0.3) is 0 Å². The van der Waals surface area contributed by atoms with E-state index in [1.807, 2.05) is 30.3 Å². The summed E-state index contributed by atoms with van der Waals surface area (Å²) in [6.07, 6.45) is 1.15. The van der Waals surface area contributed by atoms with E-state index in [0.717, 1.165) is 5.56 Å². The van der Waals surface area contributed by atoms with Gasteiger partial charge in [-0.05, 0) is 42.5 Å². The molecule has 5 nitrogen and oxygen atoms in total. The van der Waals surface area contributed by atoms with Crippen LogP contribution in [0.15, 0.2) is 53.4 Å². The molecule has 136 valence electrons. The molecule has 2 aromatic rings. The summed E-state index contributed by atoms with van der Waals surface area (Å²) >= 11 is 5.91. The van der Waals surface area contributed by atoms with Gasteiger partial charge in [-0.3, -0.25) is 0 Å². The highest BCUT2D eigenvalue weighted by Gasteiger charge is 2.20. The number of sulfonamides is 1. The third kappa shape index (κ3) is 5.44. The number of benzene rings is 2. The molecule has 0 saturated carbocycles. The summed E-state index contributed by atoms with van der Waals surface area (Å²) in [7, 11) is -2.33. The Labute approximate surface area is 153 Å². The Balaban J connectivity index is 2.08. The fraction of sp³-hybridized carbons (Fsp3) is 0.333. The van der Waals surface area contributed by atoms with Gasteiger partial charge in [-0.1, -0.05) is 41.9 Å². The van der Waals surface area contributed by atoms with Crippen LogP contribution in [0, 0.1) is 0 Å². The first-order valence-electron chi connectivity index (χ1n) is 7.97. The largest absolute Gasteiger partial charge is 0.495 e. The molecule has 0 fully saturated rings. The van der Waals surface area contributed by atoms with E-state index in [1.165, 1.54) is 19.2 Å². The molecule has 0 heterocycles. The minimum absolute atomic E-state index is 0.0147. The van der Waals surface area contributed by atoms with E-state index in [-0.39, 0.29) is 29.7 Å². The predicted octanol–water partition coefficient (Wildman–Crippen LogP) is 3.18. The first-order chi connectivity index (χ1) is 12.0. The number of hydrogen-bond donors (Lipinski definition) is 2. The normalized spacial score (nSPS) is 12.8. The quantitative estimate of drug-likeness (QED) is 0.697. The van der Waals surface area contributed by atoms with Crippen molar-refractivity contribution in [3.05, 3.63) is 59.1 Å². The number of halogens is 1. The summed E-state index contributed by atoms with van der Waals surface area (Å²) in [4.78, 5) is 0.0147. The first-order valence-corrected chi connectivity index (χ1v) is 9.83. The first kappa shape index (κ1) is 19.7. The van der Waals surface area contributed by atoms with Crippen molar-refractivity contribution in [2.75, 3.05) is 20.3 Å². The van der Waals surface area contributed by atoms with Crippen LogP contribution in [0.5, 0.6) is 5.75 Å². The molecule has 2 rings (SSSR count). The highest BCUT2D eigenvalue weighted by atomic mass is 35.5. The van der Waals surface area contributed by atoms with Gasteiger partial charge >= 0.3 is 0 Å². The lowest BCUT2D eigenvalue weighted by Crippen LogP contribution is -2.26. The number of ether oxygens (including phenoxy) is 1. The van der Waals surface area contributed by atoms with Gasteiger partial charge in [-0.25, -0.2) is 13.1 Å². The van der Waals surface area contributed by atoms with Crippen LogP contribution < -0.4 is 9.46 Å². The smallest absolute Gasteiger partial charge is 0.244 e. The van der Waals surface area contributed by atoms with Crippen LogP contribution in [0.1, 0.15) is 24.3 Å². The van der Waals surface area contributed by atoms with E-state index in [9.17, 15) is 13.5 Å². The Morgan fingerprint density at radius 3 is 2.52 bits per heavy atom. The summed E-state index contributed by atoms with van der Waals surface area (Å²) in [5.74, 6) is 0.321. The highest BCUT2D eigenvalue weighted by molar-refractivity contribution is 7.89. The van der Waals surface area contributed by atoms with Crippen molar-refractivity contribution < 1.29 is 18.3 Å². The van der Waals surface area contributed by atoms with Gasteiger partial charge in [-0.15, -0.1) is 0 Å². The molecule has 0 bridgehead atoms. The van der Waals surface area contributed by atoms with E-state index in [4.69, 9.17) is 16.3 Å². The van der Waals surface area contributed by atoms with Gasteiger partial charge in [0, 0.05) is 18.2 Å². The standard InChI is InChI=1S/C18H22ClNO4S/c1-24-17-8-7-16(19)13-18(17)25(22,23)20-11-9-15(10-12-21)14-5-3-2-4-6-14/h2-8,13,15,20-21H,9-12H2,1H3/t15-/m1/s1. The van der Waals surface area contributed by atoms with Crippen LogP contribution in [0.25, 0.3) is 0 Å². The van der Waals surface area contributed by atoms with Crippen molar-refractivity contribution in [2.24, 2.45) is 0 Å². The van der Waals surface area contributed by atoms with Crippen molar-refractivity contribution >= 4 is 21.6 Å². The minimum atomic E-state index is -3.74. The predicted molar refractivity (Wildman–Crippen MR) is 98.7 cm³/mol. The Hall–Kier alpha value is -1.60. The van der Waals surface area contributed by atoms with Crippen LogP contribution in [0.4, 0.5) is 0 Å². The van der Waals surface area contributed by atoms with Gasteiger partial charge in [-0.2, -0.15) is 0 Å². The maximum Gasteiger partial charge on any atom is 0.244 e. The van der Waals surface area contributed by atoms with E-state index in [2.05, 4.69) is 4.72 Å². The van der Waals surface area contributed by atoms with Crippen LogP contribution in [0.2, 0.25) is 5.02 Å². The van der Waals surface area contributed by atoms with Crippen LogP contribution >= 0.6 is 11.6 Å². The summed E-state index contributed by atoms with van der Waals surface area (Å²) in [6.45, 7) is 0.298. The van der Waals surface area contributed by atoms with Gasteiger partial charge in [0.15, 0.2) is 0 Å². The minimum Gasteiger partial charge on any atom is -0.495 e. The second-order valence-electron chi connectivity index (χ2n) is 5.60. The Kier molecular flexibility index (Phi) is 7.25. The van der Waals surface area contributed by atoms with Crippen molar-refractivity contribution in [3.63, 3.8) is 0 Å². The maximum atomic E-state index is 12.5. The second-order valence-corrected chi connectivity index (χ2v) is 7.77. The zero-order valence-electron chi connectivity index (χ0n) is 14.0. The topological polar surface area (TPSA) is 75.6 Å². The maximum absolute atomic E-state index is 12.5. The lowest BCUT2D eigenvalue weighted by molar-refractivity contribution is 0.273. The Morgan fingerprint density at radius 1 is 1.16 bits per heavy atom. The molecule has 0 unspecified atom stereocenters. The average Bonchev–Trinajstić information content (AvgIpc) is 2.61. The molecule has 0 aliphatic carbocycles. The van der Waals surface area contributed by atoms with Crippen LogP contribution in [-0.2, 0) is 10.0 Å². The molecule has 0 amide bonds. The van der Waals surface area contributed by atoms with Crippen molar-refractivity contribution in [3.8, 4) is 5.75 Å². The molecule has 7 heteroatoms. The molecule has 1 atom stereocenters. The van der Waals surface area contributed by atoms with Gasteiger partial charge < -0.3 is 9.84 Å². The van der Waals surface area contributed by atoms with E-state index >= 15 is 0 Å².